The highest BCUT2D eigenvalue weighted by Gasteiger charge is 2.75. The molecular weight excluding hydrogens is 559 g/mol. The highest BCUT2D eigenvalue weighted by molar-refractivity contribution is 7.99. The molecule has 214 valence electrons. The Morgan fingerprint density at radius 1 is 1.02 bits per heavy atom. The number of esters is 1. The number of carbonyl (C=O) groups is 3. The molecule has 0 amide bonds. The number of carbonyl (C=O) groups excluding carboxylic acids is 3. The lowest BCUT2D eigenvalue weighted by Gasteiger charge is -2.62. The van der Waals surface area contributed by atoms with Gasteiger partial charge >= 0.3 is 5.97 Å². The first-order valence-corrected chi connectivity index (χ1v) is 15.3. The Morgan fingerprint density at radius 2 is 1.71 bits per heavy atom. The standard InChI is InChI=1S/C33H33FO5S2/c1-30-16-14-22(35)18-21(30)10-13-26-25-15-17-32(29(38)40,31(25,2)19-27(36)33(26,30)34)39-28(37)20-8-11-24(12-9-20)41-23-6-4-3-5-7-23/h3-9,11-12,14,16,18,25-27,36H,10,13,15,17,19H2,1-2H3,(H,38,40)/t25-,26-,27-,30-,31-,32-,33-/m0/s1. The van der Waals surface area contributed by atoms with Crippen LogP contribution in [0.5, 0.6) is 0 Å². The van der Waals surface area contributed by atoms with E-state index in [1.165, 1.54) is 12.2 Å². The molecule has 2 aromatic carbocycles. The number of halogens is 1. The number of fused-ring (bicyclic) bond motifs is 5. The van der Waals surface area contributed by atoms with Crippen LogP contribution in [0.15, 0.2) is 88.2 Å². The molecule has 1 N–H and O–H groups in total. The van der Waals surface area contributed by atoms with Gasteiger partial charge in [-0.05, 0) is 93.5 Å². The van der Waals surface area contributed by atoms with Gasteiger partial charge in [0.05, 0.1) is 11.7 Å². The van der Waals surface area contributed by atoms with Gasteiger partial charge in [-0.3, -0.25) is 9.59 Å². The molecule has 0 spiro atoms. The molecule has 41 heavy (non-hydrogen) atoms. The first kappa shape index (κ1) is 28.4. The molecule has 5 nitrogen and oxygen atoms in total. The Morgan fingerprint density at radius 3 is 2.39 bits per heavy atom. The SMILES string of the molecule is C[C@]12C=CC(=O)C=C1CC[C@H]1[C@@H]3CC[C@](OC(=O)c4ccc(Sc5ccccc5)cc4)(C(=O)S)[C@@]3(C)C[C@H](O)[C@@]12F. The topological polar surface area (TPSA) is 80.7 Å². The maximum Gasteiger partial charge on any atom is 0.339 e. The van der Waals surface area contributed by atoms with E-state index in [9.17, 15) is 19.5 Å². The van der Waals surface area contributed by atoms with Gasteiger partial charge in [-0.15, -0.1) is 12.6 Å². The summed E-state index contributed by atoms with van der Waals surface area (Å²) in [6, 6.07) is 16.9. The quantitative estimate of drug-likeness (QED) is 0.302. The number of hydrogen-bond acceptors (Lipinski definition) is 6. The second kappa shape index (κ2) is 9.96. The zero-order valence-electron chi connectivity index (χ0n) is 23.0. The second-order valence-electron chi connectivity index (χ2n) is 12.3. The summed E-state index contributed by atoms with van der Waals surface area (Å²) in [4.78, 5) is 40.9. The fraction of sp³-hybridized carbons (Fsp3) is 0.424. The Labute approximate surface area is 249 Å². The van der Waals surface area contributed by atoms with Crippen LogP contribution in [0, 0.1) is 22.7 Å². The van der Waals surface area contributed by atoms with Crippen LogP contribution >= 0.6 is 24.4 Å². The molecule has 4 aliphatic rings. The van der Waals surface area contributed by atoms with E-state index in [0.29, 0.717) is 30.4 Å². The third kappa shape index (κ3) is 4.12. The molecule has 0 bridgehead atoms. The highest BCUT2D eigenvalue weighted by Crippen LogP contribution is 2.70. The molecule has 3 fully saturated rings. The van der Waals surface area contributed by atoms with Crippen molar-refractivity contribution in [2.24, 2.45) is 22.7 Å². The number of aliphatic hydroxyl groups excluding tert-OH is 1. The number of benzene rings is 2. The third-order valence-electron chi connectivity index (χ3n) is 10.4. The van der Waals surface area contributed by atoms with Gasteiger partial charge < -0.3 is 9.84 Å². The second-order valence-corrected chi connectivity index (χ2v) is 13.8. The summed E-state index contributed by atoms with van der Waals surface area (Å²) in [5.74, 6) is -1.73. The summed E-state index contributed by atoms with van der Waals surface area (Å²) in [5.41, 5.74) is -4.78. The van der Waals surface area contributed by atoms with E-state index in [-0.39, 0.29) is 24.5 Å². The molecule has 0 unspecified atom stereocenters. The highest BCUT2D eigenvalue weighted by atomic mass is 32.2. The van der Waals surface area contributed by atoms with Crippen LogP contribution in [0.4, 0.5) is 4.39 Å². The van der Waals surface area contributed by atoms with Crippen molar-refractivity contribution in [3.8, 4) is 0 Å². The molecule has 0 radical (unpaired) electrons. The molecule has 0 saturated heterocycles. The first-order chi connectivity index (χ1) is 19.4. The third-order valence-corrected chi connectivity index (χ3v) is 11.8. The van der Waals surface area contributed by atoms with E-state index in [1.807, 2.05) is 49.4 Å². The van der Waals surface area contributed by atoms with Crippen molar-refractivity contribution in [1.82, 2.24) is 0 Å². The van der Waals surface area contributed by atoms with Gasteiger partial charge in [-0.1, -0.05) is 48.5 Å². The molecular formula is C33H33FO5S2. The van der Waals surface area contributed by atoms with Crippen LogP contribution in [0.3, 0.4) is 0 Å². The van der Waals surface area contributed by atoms with Gasteiger partial charge in [0.1, 0.15) is 0 Å². The lowest BCUT2D eigenvalue weighted by atomic mass is 9.45. The molecule has 3 saturated carbocycles. The number of thiol groups is 1. The summed E-state index contributed by atoms with van der Waals surface area (Å²) in [7, 11) is 0. The van der Waals surface area contributed by atoms with E-state index in [0.717, 1.165) is 9.79 Å². The predicted molar refractivity (Wildman–Crippen MR) is 158 cm³/mol. The van der Waals surface area contributed by atoms with E-state index < -0.39 is 45.2 Å². The monoisotopic (exact) mass is 592 g/mol. The van der Waals surface area contributed by atoms with Gasteiger partial charge in [0, 0.05) is 26.5 Å². The van der Waals surface area contributed by atoms with Crippen molar-refractivity contribution in [1.29, 1.82) is 0 Å². The normalized spacial score (nSPS) is 37.4. The Kier molecular flexibility index (Phi) is 6.91. The predicted octanol–water partition coefficient (Wildman–Crippen LogP) is 6.56. The van der Waals surface area contributed by atoms with Crippen molar-refractivity contribution in [3.63, 3.8) is 0 Å². The van der Waals surface area contributed by atoms with E-state index in [4.69, 9.17) is 4.74 Å². The average Bonchev–Trinajstić information content (AvgIpc) is 3.23. The average molecular weight is 593 g/mol. The Balaban J connectivity index is 1.29. The summed E-state index contributed by atoms with van der Waals surface area (Å²) in [6.07, 6.45) is 4.61. The number of ether oxygens (including phenoxy) is 1. The number of hydrogen-bond donors (Lipinski definition) is 2. The number of allylic oxidation sites excluding steroid dienone is 4. The number of aliphatic hydroxyl groups is 1. The lowest BCUT2D eigenvalue weighted by Crippen LogP contribution is -2.69. The van der Waals surface area contributed by atoms with E-state index in [1.54, 1.807) is 36.9 Å². The van der Waals surface area contributed by atoms with Gasteiger partial charge in [-0.2, -0.15) is 0 Å². The van der Waals surface area contributed by atoms with Gasteiger partial charge in [0.2, 0.25) is 5.12 Å². The maximum atomic E-state index is 17.4. The van der Waals surface area contributed by atoms with Crippen molar-refractivity contribution in [2.75, 3.05) is 0 Å². The summed E-state index contributed by atoms with van der Waals surface area (Å²) < 4.78 is 23.5. The molecule has 0 aromatic heterocycles. The number of rotatable bonds is 5. The summed E-state index contributed by atoms with van der Waals surface area (Å²) in [5, 5.41) is 11.0. The first-order valence-electron chi connectivity index (χ1n) is 14.1. The smallest absolute Gasteiger partial charge is 0.339 e. The number of alkyl halides is 1. The Hall–Kier alpha value is -2.68. The van der Waals surface area contributed by atoms with Gasteiger partial charge in [0.25, 0.3) is 0 Å². The summed E-state index contributed by atoms with van der Waals surface area (Å²) in [6.45, 7) is 3.59. The van der Waals surface area contributed by atoms with Crippen molar-refractivity contribution >= 4 is 41.3 Å². The van der Waals surface area contributed by atoms with Crippen LogP contribution in [-0.4, -0.2) is 39.3 Å². The molecule has 8 heteroatoms. The van der Waals surface area contributed by atoms with Gasteiger partial charge in [-0.25, -0.2) is 9.18 Å². The zero-order chi connectivity index (χ0) is 29.2. The van der Waals surface area contributed by atoms with Crippen LogP contribution in [0.25, 0.3) is 0 Å². The van der Waals surface area contributed by atoms with Crippen molar-refractivity contribution in [2.45, 2.75) is 73.1 Å². The molecule has 0 heterocycles. The molecule has 6 rings (SSSR count). The van der Waals surface area contributed by atoms with Crippen LogP contribution < -0.4 is 0 Å². The fourth-order valence-corrected chi connectivity index (χ4v) is 9.51. The minimum atomic E-state index is -2.02. The Bertz CT molecular complexity index is 1470. The maximum absolute atomic E-state index is 17.4. The van der Waals surface area contributed by atoms with E-state index >= 15 is 4.39 Å². The zero-order valence-corrected chi connectivity index (χ0v) is 24.7. The molecule has 2 aromatic rings. The fourth-order valence-electron chi connectivity index (χ4n) is 8.26. The van der Waals surface area contributed by atoms with Gasteiger partial charge in [0.15, 0.2) is 17.1 Å². The van der Waals surface area contributed by atoms with Crippen LogP contribution in [0.1, 0.15) is 56.3 Å². The minimum absolute atomic E-state index is 0.0679. The molecule has 4 aliphatic carbocycles. The summed E-state index contributed by atoms with van der Waals surface area (Å²) >= 11 is 5.79. The van der Waals surface area contributed by atoms with Crippen LogP contribution in [-0.2, 0) is 14.3 Å². The van der Waals surface area contributed by atoms with E-state index in [2.05, 4.69) is 12.6 Å². The number of ketones is 1. The lowest BCUT2D eigenvalue weighted by molar-refractivity contribution is -0.214. The van der Waals surface area contributed by atoms with Crippen molar-refractivity contribution in [3.05, 3.63) is 84.0 Å². The van der Waals surface area contributed by atoms with Crippen molar-refractivity contribution < 1.29 is 28.6 Å². The minimum Gasteiger partial charge on any atom is -0.446 e. The largest absolute Gasteiger partial charge is 0.446 e. The molecule has 0 aliphatic heterocycles. The van der Waals surface area contributed by atoms with Crippen LogP contribution in [0.2, 0.25) is 0 Å². The molecule has 7 atom stereocenters.